The molecule has 0 bridgehead atoms. The van der Waals surface area contributed by atoms with Gasteiger partial charge in [0.2, 0.25) is 5.91 Å². The summed E-state index contributed by atoms with van der Waals surface area (Å²) in [5.41, 5.74) is 0.989. The number of carbonyl (C=O) groups excluding carboxylic acids is 2. The predicted octanol–water partition coefficient (Wildman–Crippen LogP) is 4.80. The lowest BCUT2D eigenvalue weighted by Crippen LogP contribution is -2.51. The van der Waals surface area contributed by atoms with E-state index in [1.807, 2.05) is 60.7 Å². The fraction of sp³-hybridized carbons (Fsp3) is 0.259. The van der Waals surface area contributed by atoms with Crippen molar-refractivity contribution in [1.82, 2.24) is 9.80 Å². The average molecular weight is 483 g/mol. The number of halogens is 3. The van der Waals surface area contributed by atoms with Gasteiger partial charge in [-0.05, 0) is 29.3 Å². The Balaban J connectivity index is 1.35. The summed E-state index contributed by atoms with van der Waals surface area (Å²) >= 11 is 0. The molecule has 1 saturated heterocycles. The number of rotatable bonds is 6. The van der Waals surface area contributed by atoms with E-state index in [0.717, 1.165) is 23.3 Å². The van der Waals surface area contributed by atoms with E-state index < -0.39 is 23.8 Å². The number of benzene rings is 3. The Morgan fingerprint density at radius 1 is 0.771 bits per heavy atom. The van der Waals surface area contributed by atoms with Gasteiger partial charge in [0.15, 0.2) is 0 Å². The molecule has 1 heterocycles. The second-order valence-electron chi connectivity index (χ2n) is 8.26. The molecule has 0 atom stereocenters. The zero-order valence-electron chi connectivity index (χ0n) is 18.9. The van der Waals surface area contributed by atoms with Crippen LogP contribution >= 0.6 is 0 Å². The molecule has 0 saturated carbocycles. The molecule has 2 amide bonds. The zero-order chi connectivity index (χ0) is 24.8. The first-order valence-corrected chi connectivity index (χ1v) is 11.3. The lowest BCUT2D eigenvalue weighted by Gasteiger charge is -2.35. The molecule has 8 heteroatoms. The third-order valence-corrected chi connectivity index (χ3v) is 5.93. The summed E-state index contributed by atoms with van der Waals surface area (Å²) in [6, 6.07) is 23.7. The zero-order valence-corrected chi connectivity index (χ0v) is 18.9. The molecular formula is C27H25F3N2O3. The van der Waals surface area contributed by atoms with Crippen LogP contribution in [-0.2, 0) is 15.7 Å². The van der Waals surface area contributed by atoms with Gasteiger partial charge < -0.3 is 14.5 Å². The van der Waals surface area contributed by atoms with Gasteiger partial charge in [0.25, 0.3) is 5.91 Å². The quantitative estimate of drug-likeness (QED) is 0.508. The van der Waals surface area contributed by atoms with Gasteiger partial charge in [-0.3, -0.25) is 9.59 Å². The lowest BCUT2D eigenvalue weighted by atomic mass is 10.0. The Hall–Kier alpha value is -3.65. The van der Waals surface area contributed by atoms with Crippen LogP contribution in [0.1, 0.15) is 33.2 Å². The molecule has 0 unspecified atom stereocenters. The van der Waals surface area contributed by atoms with Crippen LogP contribution in [0.4, 0.5) is 13.2 Å². The van der Waals surface area contributed by atoms with Gasteiger partial charge in [0.1, 0.15) is 12.7 Å². The highest BCUT2D eigenvalue weighted by atomic mass is 19.4. The molecule has 3 aromatic carbocycles. The maximum Gasteiger partial charge on any atom is 0.416 e. The first kappa shape index (κ1) is 24.5. The summed E-state index contributed by atoms with van der Waals surface area (Å²) in [6.07, 6.45) is -4.91. The molecule has 1 aliphatic rings. The summed E-state index contributed by atoms with van der Waals surface area (Å²) in [6.45, 7) is 0.918. The predicted molar refractivity (Wildman–Crippen MR) is 125 cm³/mol. The first-order chi connectivity index (χ1) is 16.8. The highest BCUT2D eigenvalue weighted by Gasteiger charge is 2.32. The van der Waals surface area contributed by atoms with E-state index in [1.165, 1.54) is 17.0 Å². The molecule has 0 spiro atoms. The van der Waals surface area contributed by atoms with Crippen LogP contribution in [-0.4, -0.2) is 54.4 Å². The van der Waals surface area contributed by atoms with E-state index in [4.69, 9.17) is 4.74 Å². The van der Waals surface area contributed by atoms with Gasteiger partial charge in [-0.15, -0.1) is 0 Å². The van der Waals surface area contributed by atoms with Gasteiger partial charge in [-0.25, -0.2) is 0 Å². The van der Waals surface area contributed by atoms with Gasteiger partial charge in [-0.2, -0.15) is 13.2 Å². The molecule has 1 aliphatic heterocycles. The highest BCUT2D eigenvalue weighted by molar-refractivity contribution is 5.94. The fourth-order valence-electron chi connectivity index (χ4n) is 4.06. The molecule has 0 aliphatic carbocycles. The SMILES string of the molecule is O=C(COC(c1ccccc1)c1ccccc1)N1CCN(C(=O)c2cccc(C(F)(F)F)c2)CC1. The highest BCUT2D eigenvalue weighted by Crippen LogP contribution is 2.30. The van der Waals surface area contributed by atoms with Crippen molar-refractivity contribution in [2.45, 2.75) is 12.3 Å². The third kappa shape index (κ3) is 6.08. The topological polar surface area (TPSA) is 49.9 Å². The van der Waals surface area contributed by atoms with Crippen LogP contribution in [0.3, 0.4) is 0 Å². The average Bonchev–Trinajstić information content (AvgIpc) is 2.89. The molecular weight excluding hydrogens is 457 g/mol. The molecule has 0 radical (unpaired) electrons. The van der Waals surface area contributed by atoms with Crippen molar-refractivity contribution in [1.29, 1.82) is 0 Å². The molecule has 4 rings (SSSR count). The minimum atomic E-state index is -4.52. The number of carbonyl (C=O) groups is 2. The van der Waals surface area contributed by atoms with E-state index in [9.17, 15) is 22.8 Å². The Labute approximate surface area is 201 Å². The van der Waals surface area contributed by atoms with E-state index in [2.05, 4.69) is 0 Å². The number of hydrogen-bond acceptors (Lipinski definition) is 3. The van der Waals surface area contributed by atoms with Crippen molar-refractivity contribution in [3.8, 4) is 0 Å². The second-order valence-corrected chi connectivity index (χ2v) is 8.26. The van der Waals surface area contributed by atoms with Crippen LogP contribution in [0.25, 0.3) is 0 Å². The molecule has 0 aromatic heterocycles. The van der Waals surface area contributed by atoms with Crippen LogP contribution in [0.15, 0.2) is 84.9 Å². The molecule has 35 heavy (non-hydrogen) atoms. The monoisotopic (exact) mass is 482 g/mol. The fourth-order valence-corrected chi connectivity index (χ4v) is 4.06. The summed E-state index contributed by atoms with van der Waals surface area (Å²) in [5, 5.41) is 0. The van der Waals surface area contributed by atoms with Gasteiger partial charge in [0, 0.05) is 31.7 Å². The van der Waals surface area contributed by atoms with E-state index >= 15 is 0 Å². The smallest absolute Gasteiger partial charge is 0.359 e. The number of alkyl halides is 3. The lowest BCUT2D eigenvalue weighted by molar-refractivity contribution is -0.139. The van der Waals surface area contributed by atoms with Crippen LogP contribution in [0, 0.1) is 0 Å². The third-order valence-electron chi connectivity index (χ3n) is 5.93. The molecule has 182 valence electrons. The van der Waals surface area contributed by atoms with Crippen LogP contribution in [0.2, 0.25) is 0 Å². The van der Waals surface area contributed by atoms with Crippen molar-refractivity contribution < 1.29 is 27.5 Å². The van der Waals surface area contributed by atoms with E-state index in [1.54, 1.807) is 4.90 Å². The Morgan fingerprint density at radius 2 is 1.31 bits per heavy atom. The summed E-state index contributed by atoms with van der Waals surface area (Å²) in [4.78, 5) is 28.6. The van der Waals surface area contributed by atoms with Crippen molar-refractivity contribution in [2.75, 3.05) is 32.8 Å². The number of amides is 2. The minimum absolute atomic E-state index is 0.0171. The second kappa shape index (κ2) is 10.7. The number of nitrogens with zero attached hydrogens (tertiary/aromatic N) is 2. The summed E-state index contributed by atoms with van der Waals surface area (Å²) in [7, 11) is 0. The maximum absolute atomic E-state index is 13.0. The first-order valence-electron chi connectivity index (χ1n) is 11.3. The largest absolute Gasteiger partial charge is 0.416 e. The maximum atomic E-state index is 13.0. The number of hydrogen-bond donors (Lipinski definition) is 0. The standard InChI is InChI=1S/C27H25F3N2O3/c28-27(29,30)23-13-7-12-22(18-23)26(34)32-16-14-31(15-17-32)24(33)19-35-25(20-8-3-1-4-9-20)21-10-5-2-6-11-21/h1-13,18,25H,14-17,19H2. The Morgan fingerprint density at radius 3 is 1.86 bits per heavy atom. The van der Waals surface area contributed by atoms with E-state index in [0.29, 0.717) is 0 Å². The van der Waals surface area contributed by atoms with Gasteiger partial charge in [-0.1, -0.05) is 66.7 Å². The van der Waals surface area contributed by atoms with Gasteiger partial charge in [0.05, 0.1) is 5.56 Å². The van der Waals surface area contributed by atoms with Crippen molar-refractivity contribution in [3.63, 3.8) is 0 Å². The molecule has 5 nitrogen and oxygen atoms in total. The minimum Gasteiger partial charge on any atom is -0.359 e. The Kier molecular flexibility index (Phi) is 7.51. The molecule has 1 fully saturated rings. The van der Waals surface area contributed by atoms with Gasteiger partial charge >= 0.3 is 6.18 Å². The Bertz CT molecular complexity index is 1110. The van der Waals surface area contributed by atoms with Crippen LogP contribution in [0.5, 0.6) is 0 Å². The van der Waals surface area contributed by atoms with Crippen LogP contribution < -0.4 is 0 Å². The number of piperazine rings is 1. The number of ether oxygens (including phenoxy) is 1. The van der Waals surface area contributed by atoms with E-state index in [-0.39, 0.29) is 44.3 Å². The van der Waals surface area contributed by atoms with Crippen molar-refractivity contribution in [2.24, 2.45) is 0 Å². The summed E-state index contributed by atoms with van der Waals surface area (Å²) in [5.74, 6) is -0.680. The molecule has 0 N–H and O–H groups in total. The summed E-state index contributed by atoms with van der Waals surface area (Å²) < 4.78 is 45.0. The van der Waals surface area contributed by atoms with Crippen molar-refractivity contribution in [3.05, 3.63) is 107 Å². The van der Waals surface area contributed by atoms with Crippen molar-refractivity contribution >= 4 is 11.8 Å². The molecule has 3 aromatic rings. The normalized spacial score (nSPS) is 14.3.